The zero-order valence-electron chi connectivity index (χ0n) is 16.0. The molecule has 1 rings (SSSR count). The van der Waals surface area contributed by atoms with E-state index < -0.39 is 24.5 Å². The summed E-state index contributed by atoms with van der Waals surface area (Å²) in [5.74, 6) is -1.82. The van der Waals surface area contributed by atoms with Gasteiger partial charge in [0.15, 0.2) is 6.61 Å². The second-order valence-corrected chi connectivity index (χ2v) is 7.53. The Labute approximate surface area is 169 Å². The van der Waals surface area contributed by atoms with Gasteiger partial charge in [-0.25, -0.2) is 4.79 Å². The van der Waals surface area contributed by atoms with Crippen molar-refractivity contribution in [2.45, 2.75) is 52.6 Å². The number of nitrogens with one attached hydrogen (secondary N) is 2. The van der Waals surface area contributed by atoms with Crippen molar-refractivity contribution in [2.24, 2.45) is 5.92 Å². The zero-order chi connectivity index (χ0) is 20.6. The van der Waals surface area contributed by atoms with Gasteiger partial charge in [0.1, 0.15) is 6.04 Å². The van der Waals surface area contributed by atoms with Gasteiger partial charge in [-0.1, -0.05) is 50.4 Å². The zero-order valence-corrected chi connectivity index (χ0v) is 17.5. The summed E-state index contributed by atoms with van der Waals surface area (Å²) >= 11 is 11.9. The summed E-state index contributed by atoms with van der Waals surface area (Å²) in [4.78, 5) is 36.6. The van der Waals surface area contributed by atoms with Crippen LogP contribution in [0.3, 0.4) is 0 Å². The van der Waals surface area contributed by atoms with Gasteiger partial charge in [0.05, 0.1) is 10.6 Å². The van der Waals surface area contributed by atoms with E-state index in [4.69, 9.17) is 27.9 Å². The van der Waals surface area contributed by atoms with E-state index in [2.05, 4.69) is 10.6 Å². The summed E-state index contributed by atoms with van der Waals surface area (Å²) in [5, 5.41) is 5.94. The van der Waals surface area contributed by atoms with Gasteiger partial charge in [-0.15, -0.1) is 0 Å². The molecule has 150 valence electrons. The molecule has 0 aliphatic rings. The Balaban J connectivity index is 2.68. The Hall–Kier alpha value is -1.79. The van der Waals surface area contributed by atoms with E-state index in [1.54, 1.807) is 13.8 Å². The van der Waals surface area contributed by atoms with Crippen molar-refractivity contribution in [1.29, 1.82) is 0 Å². The fourth-order valence-electron chi connectivity index (χ4n) is 2.44. The molecular weight excluding hydrogens is 391 g/mol. The van der Waals surface area contributed by atoms with Crippen molar-refractivity contribution in [1.82, 2.24) is 10.6 Å². The molecule has 27 heavy (non-hydrogen) atoms. The number of halogens is 2. The highest BCUT2D eigenvalue weighted by Crippen LogP contribution is 2.21. The van der Waals surface area contributed by atoms with E-state index in [0.717, 1.165) is 12.8 Å². The Kier molecular flexibility index (Phi) is 9.60. The van der Waals surface area contributed by atoms with Gasteiger partial charge in [-0.2, -0.15) is 0 Å². The Bertz CT molecular complexity index is 680. The van der Waals surface area contributed by atoms with Crippen molar-refractivity contribution in [3.8, 4) is 0 Å². The molecule has 0 spiro atoms. The molecule has 8 heteroatoms. The van der Waals surface area contributed by atoms with Gasteiger partial charge in [-0.3, -0.25) is 9.59 Å². The number of carbonyl (C=O) groups excluding carboxylic acids is 3. The summed E-state index contributed by atoms with van der Waals surface area (Å²) in [6, 6.07) is 3.56. The summed E-state index contributed by atoms with van der Waals surface area (Å²) in [7, 11) is 0. The highest BCUT2D eigenvalue weighted by atomic mass is 35.5. The number of carbonyl (C=O) groups is 3. The highest BCUT2D eigenvalue weighted by molar-refractivity contribution is 6.36. The lowest BCUT2D eigenvalue weighted by Crippen LogP contribution is -2.46. The molecule has 0 unspecified atom stereocenters. The molecule has 0 aliphatic carbocycles. The van der Waals surface area contributed by atoms with Crippen LogP contribution in [0.2, 0.25) is 10.0 Å². The van der Waals surface area contributed by atoms with Crippen LogP contribution in [0.25, 0.3) is 0 Å². The minimum Gasteiger partial charge on any atom is -0.454 e. The summed E-state index contributed by atoms with van der Waals surface area (Å²) < 4.78 is 5.07. The molecule has 0 heterocycles. The SMILES string of the molecule is CCC[C@H](C)NC(=O)COC(=O)[C@@H](NC(=O)c1ccc(Cl)cc1Cl)C(C)C. The van der Waals surface area contributed by atoms with Gasteiger partial charge in [0.25, 0.3) is 11.8 Å². The van der Waals surface area contributed by atoms with Crippen molar-refractivity contribution in [3.05, 3.63) is 33.8 Å². The van der Waals surface area contributed by atoms with Gasteiger partial charge in [-0.05, 0) is 37.5 Å². The van der Waals surface area contributed by atoms with Crippen LogP contribution in [-0.4, -0.2) is 36.5 Å². The molecule has 0 saturated heterocycles. The smallest absolute Gasteiger partial charge is 0.329 e. The van der Waals surface area contributed by atoms with Gasteiger partial charge >= 0.3 is 5.97 Å². The molecule has 1 aromatic carbocycles. The summed E-state index contributed by atoms with van der Waals surface area (Å²) in [6.45, 7) is 7.04. The molecule has 2 atom stereocenters. The largest absolute Gasteiger partial charge is 0.454 e. The predicted molar refractivity (Wildman–Crippen MR) is 106 cm³/mol. The van der Waals surface area contributed by atoms with E-state index in [1.807, 2.05) is 13.8 Å². The van der Waals surface area contributed by atoms with Gasteiger partial charge in [0, 0.05) is 11.1 Å². The van der Waals surface area contributed by atoms with Crippen molar-refractivity contribution >= 4 is 41.0 Å². The molecule has 2 amide bonds. The number of amides is 2. The van der Waals surface area contributed by atoms with Crippen LogP contribution >= 0.6 is 23.2 Å². The maximum absolute atomic E-state index is 12.4. The molecule has 0 bridgehead atoms. The van der Waals surface area contributed by atoms with E-state index in [-0.39, 0.29) is 28.5 Å². The minimum atomic E-state index is -0.912. The predicted octanol–water partition coefficient (Wildman–Crippen LogP) is 3.60. The van der Waals surface area contributed by atoms with Crippen LogP contribution < -0.4 is 10.6 Å². The lowest BCUT2D eigenvalue weighted by atomic mass is 10.0. The van der Waals surface area contributed by atoms with E-state index in [1.165, 1.54) is 18.2 Å². The topological polar surface area (TPSA) is 84.5 Å². The third-order valence-corrected chi connectivity index (χ3v) is 4.41. The molecule has 0 aliphatic heterocycles. The highest BCUT2D eigenvalue weighted by Gasteiger charge is 2.27. The maximum Gasteiger partial charge on any atom is 0.329 e. The molecular formula is C19H26Cl2N2O4. The first kappa shape index (κ1) is 23.2. The van der Waals surface area contributed by atoms with Crippen LogP contribution in [-0.2, 0) is 14.3 Å². The van der Waals surface area contributed by atoms with E-state index >= 15 is 0 Å². The molecule has 0 saturated carbocycles. The fourth-order valence-corrected chi connectivity index (χ4v) is 2.93. The first-order chi connectivity index (χ1) is 12.6. The number of benzene rings is 1. The van der Waals surface area contributed by atoms with E-state index in [0.29, 0.717) is 5.02 Å². The quantitative estimate of drug-likeness (QED) is 0.602. The average Bonchev–Trinajstić information content (AvgIpc) is 2.57. The molecule has 0 radical (unpaired) electrons. The van der Waals surface area contributed by atoms with Crippen LogP contribution in [0.5, 0.6) is 0 Å². The Morgan fingerprint density at radius 3 is 2.33 bits per heavy atom. The minimum absolute atomic E-state index is 0.00819. The molecule has 1 aromatic rings. The number of esters is 1. The lowest BCUT2D eigenvalue weighted by Gasteiger charge is -2.21. The molecule has 0 fully saturated rings. The number of hydrogen-bond acceptors (Lipinski definition) is 4. The van der Waals surface area contributed by atoms with Crippen molar-refractivity contribution in [3.63, 3.8) is 0 Å². The second kappa shape index (κ2) is 11.1. The summed E-state index contributed by atoms with van der Waals surface area (Å²) in [6.07, 6.45) is 1.78. The molecule has 2 N–H and O–H groups in total. The Morgan fingerprint density at radius 1 is 1.11 bits per heavy atom. The standard InChI is InChI=1S/C19H26Cl2N2O4/c1-5-6-12(4)22-16(24)10-27-19(26)17(11(2)3)23-18(25)14-8-7-13(20)9-15(14)21/h7-9,11-12,17H,5-6,10H2,1-4H3,(H,22,24)(H,23,25)/t12-,17-/m0/s1. The monoisotopic (exact) mass is 416 g/mol. The summed E-state index contributed by atoms with van der Waals surface area (Å²) in [5.41, 5.74) is 0.200. The van der Waals surface area contributed by atoms with Gasteiger partial charge < -0.3 is 15.4 Å². The normalized spacial score (nSPS) is 13.0. The van der Waals surface area contributed by atoms with Crippen LogP contribution in [0.4, 0.5) is 0 Å². The van der Waals surface area contributed by atoms with Crippen LogP contribution in [0.1, 0.15) is 50.9 Å². The number of hydrogen-bond donors (Lipinski definition) is 2. The third kappa shape index (κ3) is 7.77. The number of ether oxygens (including phenoxy) is 1. The maximum atomic E-state index is 12.4. The van der Waals surface area contributed by atoms with E-state index in [9.17, 15) is 14.4 Å². The number of rotatable bonds is 9. The van der Waals surface area contributed by atoms with Crippen LogP contribution in [0.15, 0.2) is 18.2 Å². The first-order valence-electron chi connectivity index (χ1n) is 8.87. The van der Waals surface area contributed by atoms with Gasteiger partial charge in [0.2, 0.25) is 0 Å². The van der Waals surface area contributed by atoms with Crippen molar-refractivity contribution in [2.75, 3.05) is 6.61 Å². The fraction of sp³-hybridized carbons (Fsp3) is 0.526. The molecule has 0 aromatic heterocycles. The second-order valence-electron chi connectivity index (χ2n) is 6.68. The average molecular weight is 417 g/mol. The lowest BCUT2D eigenvalue weighted by molar-refractivity contribution is -0.151. The Morgan fingerprint density at radius 2 is 1.78 bits per heavy atom. The van der Waals surface area contributed by atoms with Crippen LogP contribution in [0, 0.1) is 5.92 Å². The third-order valence-electron chi connectivity index (χ3n) is 3.86. The molecule has 6 nitrogen and oxygen atoms in total. The first-order valence-corrected chi connectivity index (χ1v) is 9.63. The van der Waals surface area contributed by atoms with Crippen molar-refractivity contribution < 1.29 is 19.1 Å².